The number of hydrogen-bond donors (Lipinski definition) is 0. The van der Waals surface area contributed by atoms with E-state index in [1.807, 2.05) is 47.4 Å². The van der Waals surface area contributed by atoms with E-state index in [2.05, 4.69) is 33.0 Å². The molecule has 0 atom stereocenters. The van der Waals surface area contributed by atoms with Gasteiger partial charge >= 0.3 is 0 Å². The fraction of sp³-hybridized carbons (Fsp3) is 0.100. The van der Waals surface area contributed by atoms with Gasteiger partial charge in [0, 0.05) is 34.7 Å². The fourth-order valence-corrected chi connectivity index (χ4v) is 3.51. The smallest absolute Gasteiger partial charge is 0.258 e. The van der Waals surface area contributed by atoms with Crippen LogP contribution in [0.2, 0.25) is 0 Å². The summed E-state index contributed by atoms with van der Waals surface area (Å²) < 4.78 is 0.917. The number of hydrogen-bond acceptors (Lipinski definition) is 2. The minimum Gasteiger partial charge on any atom is -0.308 e. The van der Waals surface area contributed by atoms with E-state index in [0.29, 0.717) is 5.56 Å². The topological polar surface area (TPSA) is 33.2 Å². The Morgan fingerprint density at radius 1 is 1.00 bits per heavy atom. The van der Waals surface area contributed by atoms with Gasteiger partial charge in [0.2, 0.25) is 0 Å². The number of carbonyl (C=O) groups excluding carboxylic acids is 1. The van der Waals surface area contributed by atoms with Gasteiger partial charge in [-0.3, -0.25) is 9.78 Å². The van der Waals surface area contributed by atoms with E-state index in [-0.39, 0.29) is 5.91 Å². The molecule has 2 aromatic carbocycles. The zero-order chi connectivity index (χ0) is 16.5. The predicted molar refractivity (Wildman–Crippen MR) is 99.2 cm³/mol. The number of fused-ring (bicyclic) bond motifs is 1. The lowest BCUT2D eigenvalue weighted by atomic mass is 10.0. The summed E-state index contributed by atoms with van der Waals surface area (Å²) in [5.74, 6) is 0.0479. The maximum absolute atomic E-state index is 12.8. The van der Waals surface area contributed by atoms with E-state index in [1.165, 1.54) is 5.56 Å². The second-order valence-corrected chi connectivity index (χ2v) is 6.71. The molecule has 1 aromatic heterocycles. The minimum atomic E-state index is 0.0479. The predicted octanol–water partition coefficient (Wildman–Crippen LogP) is 4.71. The highest BCUT2D eigenvalue weighted by Gasteiger charge is 2.25. The molecule has 0 unspecified atom stereocenters. The van der Waals surface area contributed by atoms with E-state index < -0.39 is 0 Å². The molecule has 0 bridgehead atoms. The zero-order valence-electron chi connectivity index (χ0n) is 12.9. The summed E-state index contributed by atoms with van der Waals surface area (Å²) in [6.07, 6.45) is 4.48. The normalized spacial score (nSPS) is 13.0. The number of carbonyl (C=O) groups is 1. The van der Waals surface area contributed by atoms with E-state index in [4.69, 9.17) is 0 Å². The van der Waals surface area contributed by atoms with Gasteiger partial charge in [-0.25, -0.2) is 0 Å². The summed E-state index contributed by atoms with van der Waals surface area (Å²) in [5.41, 5.74) is 5.23. The largest absolute Gasteiger partial charge is 0.308 e. The van der Waals surface area contributed by atoms with Crippen molar-refractivity contribution in [3.8, 4) is 11.1 Å². The van der Waals surface area contributed by atoms with Gasteiger partial charge in [-0.15, -0.1) is 0 Å². The molecule has 0 N–H and O–H groups in total. The first-order valence-electron chi connectivity index (χ1n) is 7.83. The maximum Gasteiger partial charge on any atom is 0.258 e. The number of benzene rings is 2. The first kappa shape index (κ1) is 15.1. The Labute approximate surface area is 149 Å². The average molecular weight is 379 g/mol. The van der Waals surface area contributed by atoms with Gasteiger partial charge in [0.1, 0.15) is 0 Å². The first-order chi connectivity index (χ1) is 11.7. The third-order valence-electron chi connectivity index (χ3n) is 4.31. The molecule has 2 heterocycles. The van der Waals surface area contributed by atoms with Crippen LogP contribution in [0, 0.1) is 0 Å². The molecule has 4 rings (SSSR count). The van der Waals surface area contributed by atoms with E-state index in [0.717, 1.165) is 34.3 Å². The van der Waals surface area contributed by atoms with Crippen LogP contribution in [0.25, 0.3) is 11.1 Å². The standard InChI is InChI=1S/C20H15BrN2O/c21-18-3-1-2-17(13-18)20(24)23-11-8-16-12-15(4-5-19(16)23)14-6-9-22-10-7-14/h1-7,9-10,12-13H,8,11H2. The molecule has 118 valence electrons. The molecule has 0 radical (unpaired) electrons. The van der Waals surface area contributed by atoms with Crippen LogP contribution < -0.4 is 4.90 Å². The third kappa shape index (κ3) is 2.74. The molecule has 4 heteroatoms. The Morgan fingerprint density at radius 2 is 1.83 bits per heavy atom. The lowest BCUT2D eigenvalue weighted by Gasteiger charge is -2.18. The van der Waals surface area contributed by atoms with Gasteiger partial charge in [-0.1, -0.05) is 28.1 Å². The van der Waals surface area contributed by atoms with E-state index >= 15 is 0 Å². The van der Waals surface area contributed by atoms with Gasteiger partial charge in [-0.05, 0) is 65.6 Å². The Kier molecular flexibility index (Phi) is 3.90. The van der Waals surface area contributed by atoms with Gasteiger partial charge in [0.15, 0.2) is 0 Å². The molecule has 0 saturated heterocycles. The molecule has 1 aliphatic heterocycles. The number of aromatic nitrogens is 1. The Hall–Kier alpha value is -2.46. The molecule has 0 spiro atoms. The second kappa shape index (κ2) is 6.21. The first-order valence-corrected chi connectivity index (χ1v) is 8.62. The molecular formula is C20H15BrN2O. The summed E-state index contributed by atoms with van der Waals surface area (Å²) in [7, 11) is 0. The molecule has 3 nitrogen and oxygen atoms in total. The summed E-state index contributed by atoms with van der Waals surface area (Å²) in [5, 5.41) is 0. The van der Waals surface area contributed by atoms with Crippen molar-refractivity contribution in [3.63, 3.8) is 0 Å². The number of halogens is 1. The second-order valence-electron chi connectivity index (χ2n) is 5.80. The highest BCUT2D eigenvalue weighted by Crippen LogP contribution is 2.33. The van der Waals surface area contributed by atoms with Crippen molar-refractivity contribution < 1.29 is 4.79 Å². The van der Waals surface area contributed by atoms with E-state index in [9.17, 15) is 4.79 Å². The lowest BCUT2D eigenvalue weighted by molar-refractivity contribution is 0.0989. The van der Waals surface area contributed by atoms with Crippen LogP contribution in [-0.4, -0.2) is 17.4 Å². The summed E-state index contributed by atoms with van der Waals surface area (Å²) in [6.45, 7) is 0.723. The van der Waals surface area contributed by atoms with Gasteiger partial charge in [0.05, 0.1) is 0 Å². The van der Waals surface area contributed by atoms with Crippen LogP contribution in [-0.2, 0) is 6.42 Å². The highest BCUT2D eigenvalue weighted by atomic mass is 79.9. The molecule has 0 aliphatic carbocycles. The molecule has 0 fully saturated rings. The lowest BCUT2D eigenvalue weighted by Crippen LogP contribution is -2.28. The van der Waals surface area contributed by atoms with Crippen molar-refractivity contribution in [3.05, 3.63) is 82.6 Å². The Morgan fingerprint density at radius 3 is 2.62 bits per heavy atom. The van der Waals surface area contributed by atoms with Crippen molar-refractivity contribution in [1.29, 1.82) is 0 Å². The SMILES string of the molecule is O=C(c1cccc(Br)c1)N1CCc2cc(-c3ccncc3)ccc21. The number of amides is 1. The van der Waals surface area contributed by atoms with Crippen molar-refractivity contribution in [2.45, 2.75) is 6.42 Å². The van der Waals surface area contributed by atoms with Crippen LogP contribution in [0.1, 0.15) is 15.9 Å². The monoisotopic (exact) mass is 378 g/mol. The number of nitrogens with zero attached hydrogens (tertiary/aromatic N) is 2. The van der Waals surface area contributed by atoms with Crippen LogP contribution >= 0.6 is 15.9 Å². The Balaban J connectivity index is 1.66. The summed E-state index contributed by atoms with van der Waals surface area (Å²) in [6, 6.07) is 17.8. The van der Waals surface area contributed by atoms with Crippen molar-refractivity contribution in [2.24, 2.45) is 0 Å². The minimum absolute atomic E-state index is 0.0479. The summed E-state index contributed by atoms with van der Waals surface area (Å²) >= 11 is 3.43. The van der Waals surface area contributed by atoms with Crippen LogP contribution in [0.4, 0.5) is 5.69 Å². The summed E-state index contributed by atoms with van der Waals surface area (Å²) in [4.78, 5) is 18.7. The van der Waals surface area contributed by atoms with Crippen molar-refractivity contribution >= 4 is 27.5 Å². The van der Waals surface area contributed by atoms with Gasteiger partial charge in [-0.2, -0.15) is 0 Å². The number of anilines is 1. The van der Waals surface area contributed by atoms with Crippen LogP contribution in [0.3, 0.4) is 0 Å². The van der Waals surface area contributed by atoms with Crippen molar-refractivity contribution in [1.82, 2.24) is 4.98 Å². The molecular weight excluding hydrogens is 364 g/mol. The fourth-order valence-electron chi connectivity index (χ4n) is 3.11. The number of pyridine rings is 1. The molecule has 1 amide bonds. The maximum atomic E-state index is 12.8. The molecule has 24 heavy (non-hydrogen) atoms. The van der Waals surface area contributed by atoms with Gasteiger partial charge in [0.25, 0.3) is 5.91 Å². The molecule has 1 aliphatic rings. The quantitative estimate of drug-likeness (QED) is 0.646. The van der Waals surface area contributed by atoms with E-state index in [1.54, 1.807) is 12.4 Å². The van der Waals surface area contributed by atoms with Crippen molar-refractivity contribution in [2.75, 3.05) is 11.4 Å². The zero-order valence-corrected chi connectivity index (χ0v) is 14.5. The third-order valence-corrected chi connectivity index (χ3v) is 4.80. The van der Waals surface area contributed by atoms with Crippen LogP contribution in [0.15, 0.2) is 71.5 Å². The van der Waals surface area contributed by atoms with Gasteiger partial charge < -0.3 is 4.90 Å². The highest BCUT2D eigenvalue weighted by molar-refractivity contribution is 9.10. The van der Waals surface area contributed by atoms with Crippen LogP contribution in [0.5, 0.6) is 0 Å². The Bertz CT molecular complexity index is 909. The molecule has 3 aromatic rings. The number of rotatable bonds is 2. The average Bonchev–Trinajstić information content (AvgIpc) is 3.05. The molecule has 0 saturated carbocycles.